The fourth-order valence-electron chi connectivity index (χ4n) is 2.82. The smallest absolute Gasteiger partial charge is 0.377 e. The molecule has 1 aliphatic carbocycles. The summed E-state index contributed by atoms with van der Waals surface area (Å²) in [7, 11) is 0. The molecule has 3 aromatic heterocycles. The van der Waals surface area contributed by atoms with Gasteiger partial charge in [-0.05, 0) is 51.2 Å². The number of hydrogen-bond donors (Lipinski definition) is 0. The molecule has 0 N–H and O–H groups in total. The Morgan fingerprint density at radius 3 is 2.71 bits per heavy atom. The van der Waals surface area contributed by atoms with Crippen LogP contribution in [-0.4, -0.2) is 30.9 Å². The molecule has 0 atom stereocenters. The lowest BCUT2D eigenvalue weighted by Gasteiger charge is -2.18. The third-order valence-electron chi connectivity index (χ3n) is 4.19. The van der Waals surface area contributed by atoms with Gasteiger partial charge in [-0.25, -0.2) is 14.8 Å². The van der Waals surface area contributed by atoms with Crippen molar-refractivity contribution in [2.45, 2.75) is 51.7 Å². The molecule has 3 heterocycles. The number of esters is 1. The van der Waals surface area contributed by atoms with E-state index < -0.39 is 11.6 Å². The van der Waals surface area contributed by atoms with Gasteiger partial charge in [0, 0.05) is 18.5 Å². The van der Waals surface area contributed by atoms with Gasteiger partial charge in [0.15, 0.2) is 0 Å². The minimum atomic E-state index is -0.653. The van der Waals surface area contributed by atoms with E-state index in [0.717, 1.165) is 11.3 Å². The van der Waals surface area contributed by atoms with Crippen LogP contribution in [0.2, 0.25) is 5.15 Å². The van der Waals surface area contributed by atoms with Gasteiger partial charge in [0.05, 0.1) is 5.69 Å². The van der Waals surface area contributed by atoms with E-state index in [1.54, 1.807) is 20.8 Å². The van der Waals surface area contributed by atoms with Gasteiger partial charge in [-0.2, -0.15) is 4.98 Å². The number of carbonyl (C=O) groups is 1. The molecule has 0 unspecified atom stereocenters. The lowest BCUT2D eigenvalue weighted by molar-refractivity contribution is 0.00542. The van der Waals surface area contributed by atoms with Crippen LogP contribution in [0.5, 0.6) is 5.88 Å². The highest BCUT2D eigenvalue weighted by molar-refractivity contribution is 6.29. The molecule has 0 saturated heterocycles. The summed E-state index contributed by atoms with van der Waals surface area (Å²) in [5, 5.41) is 0.106. The average molecular weight is 401 g/mol. The predicted octanol–water partition coefficient (Wildman–Crippen LogP) is 4.19. The Balaban J connectivity index is 1.48. The minimum Gasteiger partial charge on any atom is -0.471 e. The molecule has 146 valence electrons. The van der Waals surface area contributed by atoms with Crippen molar-refractivity contribution in [3.63, 3.8) is 0 Å². The molecule has 1 saturated carbocycles. The fraction of sp³-hybridized carbons (Fsp3) is 0.400. The zero-order valence-corrected chi connectivity index (χ0v) is 16.7. The summed E-state index contributed by atoms with van der Waals surface area (Å²) in [6, 6.07) is 5.59. The predicted molar refractivity (Wildman–Crippen MR) is 104 cm³/mol. The van der Waals surface area contributed by atoms with Gasteiger partial charge < -0.3 is 13.9 Å². The van der Waals surface area contributed by atoms with Crippen LogP contribution in [0.1, 0.15) is 61.4 Å². The number of fused-ring (bicyclic) bond motifs is 1. The zero-order chi connectivity index (χ0) is 19.9. The maximum atomic E-state index is 12.2. The SMILES string of the molecule is CC(C)(C)OC(=O)c1nc(Cl)cc(OCc2cn3cc(C4CC4)ccc3n2)n1. The first kappa shape index (κ1) is 18.7. The molecule has 3 aromatic rings. The molecule has 7 nitrogen and oxygen atoms in total. The van der Waals surface area contributed by atoms with Crippen molar-refractivity contribution in [1.82, 2.24) is 19.4 Å². The molecular formula is C20H21ClN4O3. The number of rotatable bonds is 5. The van der Waals surface area contributed by atoms with Crippen LogP contribution in [0.15, 0.2) is 30.6 Å². The topological polar surface area (TPSA) is 78.6 Å². The molecule has 1 fully saturated rings. The van der Waals surface area contributed by atoms with Crippen molar-refractivity contribution in [2.75, 3.05) is 0 Å². The molecule has 4 rings (SSSR count). The van der Waals surface area contributed by atoms with Gasteiger partial charge in [-0.1, -0.05) is 17.7 Å². The van der Waals surface area contributed by atoms with Crippen LogP contribution >= 0.6 is 11.6 Å². The van der Waals surface area contributed by atoms with Crippen molar-refractivity contribution >= 4 is 23.2 Å². The van der Waals surface area contributed by atoms with E-state index in [0.29, 0.717) is 5.92 Å². The van der Waals surface area contributed by atoms with E-state index >= 15 is 0 Å². The van der Waals surface area contributed by atoms with Crippen LogP contribution in [0.3, 0.4) is 0 Å². The first-order valence-corrected chi connectivity index (χ1v) is 9.53. The molecule has 28 heavy (non-hydrogen) atoms. The van der Waals surface area contributed by atoms with E-state index in [-0.39, 0.29) is 23.5 Å². The van der Waals surface area contributed by atoms with Gasteiger partial charge in [-0.3, -0.25) is 0 Å². The Hall–Kier alpha value is -2.67. The Kier molecular flexibility index (Phi) is 4.71. The van der Waals surface area contributed by atoms with Gasteiger partial charge in [-0.15, -0.1) is 0 Å². The Morgan fingerprint density at radius 2 is 2.00 bits per heavy atom. The van der Waals surface area contributed by atoms with E-state index in [2.05, 4.69) is 27.2 Å². The highest BCUT2D eigenvalue weighted by Crippen LogP contribution is 2.39. The maximum Gasteiger partial charge on any atom is 0.377 e. The van der Waals surface area contributed by atoms with Crippen LogP contribution < -0.4 is 4.74 Å². The summed E-state index contributed by atoms with van der Waals surface area (Å²) in [4.78, 5) is 24.7. The standard InChI is InChI=1S/C20H21ClN4O3/c1-20(2,3)28-19(26)18-23-15(21)8-17(24-18)27-11-14-10-25-9-13(12-4-5-12)6-7-16(25)22-14/h6-10,12H,4-5,11H2,1-3H3. The number of pyridine rings is 1. The van der Waals surface area contributed by atoms with Crippen LogP contribution in [0.25, 0.3) is 5.65 Å². The second kappa shape index (κ2) is 7.05. The Morgan fingerprint density at radius 1 is 1.21 bits per heavy atom. The number of carbonyl (C=O) groups excluding carboxylic acids is 1. The summed E-state index contributed by atoms with van der Waals surface area (Å²) < 4.78 is 13.0. The molecular weight excluding hydrogens is 380 g/mol. The number of hydrogen-bond acceptors (Lipinski definition) is 6. The van der Waals surface area contributed by atoms with Crippen molar-refractivity contribution in [2.24, 2.45) is 0 Å². The number of aromatic nitrogens is 4. The van der Waals surface area contributed by atoms with Gasteiger partial charge in [0.25, 0.3) is 0 Å². The van der Waals surface area contributed by atoms with Crippen LogP contribution in [0.4, 0.5) is 0 Å². The van der Waals surface area contributed by atoms with Crippen molar-refractivity contribution in [3.05, 3.63) is 52.8 Å². The fourth-order valence-corrected chi connectivity index (χ4v) is 3.00. The normalized spacial score (nSPS) is 14.3. The van der Waals surface area contributed by atoms with Gasteiger partial charge in [0.1, 0.15) is 23.0 Å². The van der Waals surface area contributed by atoms with Gasteiger partial charge >= 0.3 is 5.97 Å². The average Bonchev–Trinajstić information content (AvgIpc) is 3.37. The Bertz CT molecular complexity index is 1040. The molecule has 1 aliphatic rings. The Labute approximate surface area is 167 Å². The third kappa shape index (κ3) is 4.42. The van der Waals surface area contributed by atoms with E-state index in [1.165, 1.54) is 24.5 Å². The van der Waals surface area contributed by atoms with Crippen molar-refractivity contribution < 1.29 is 14.3 Å². The largest absolute Gasteiger partial charge is 0.471 e. The maximum absolute atomic E-state index is 12.2. The van der Waals surface area contributed by atoms with Crippen molar-refractivity contribution in [3.8, 4) is 5.88 Å². The van der Waals surface area contributed by atoms with Crippen LogP contribution in [-0.2, 0) is 11.3 Å². The minimum absolute atomic E-state index is 0.106. The highest BCUT2D eigenvalue weighted by Gasteiger charge is 2.24. The summed E-state index contributed by atoms with van der Waals surface area (Å²) in [5.41, 5.74) is 2.29. The number of ether oxygens (including phenoxy) is 2. The van der Waals surface area contributed by atoms with E-state index in [1.807, 2.05) is 16.7 Å². The number of imidazole rings is 1. The lowest BCUT2D eigenvalue weighted by atomic mass is 10.2. The summed E-state index contributed by atoms with van der Waals surface area (Å²) >= 11 is 6.01. The van der Waals surface area contributed by atoms with Gasteiger partial charge in [0.2, 0.25) is 11.7 Å². The molecule has 0 bridgehead atoms. The molecule has 0 aliphatic heterocycles. The summed E-state index contributed by atoms with van der Waals surface area (Å²) in [5.74, 6) is 0.0826. The molecule has 0 radical (unpaired) electrons. The summed E-state index contributed by atoms with van der Waals surface area (Å²) in [6.07, 6.45) is 6.56. The third-order valence-corrected chi connectivity index (χ3v) is 4.39. The molecule has 0 amide bonds. The second-order valence-electron chi connectivity index (χ2n) is 7.88. The first-order chi connectivity index (χ1) is 13.3. The number of halogens is 1. The van der Waals surface area contributed by atoms with E-state index in [9.17, 15) is 4.79 Å². The molecule has 8 heteroatoms. The first-order valence-electron chi connectivity index (χ1n) is 9.15. The number of nitrogens with zero attached hydrogens (tertiary/aromatic N) is 4. The molecule has 0 spiro atoms. The summed E-state index contributed by atoms with van der Waals surface area (Å²) in [6.45, 7) is 5.50. The van der Waals surface area contributed by atoms with Crippen molar-refractivity contribution in [1.29, 1.82) is 0 Å². The monoisotopic (exact) mass is 400 g/mol. The molecule has 0 aromatic carbocycles. The second-order valence-corrected chi connectivity index (χ2v) is 8.26. The van der Waals surface area contributed by atoms with Crippen LogP contribution in [0, 0.1) is 0 Å². The van der Waals surface area contributed by atoms with E-state index in [4.69, 9.17) is 21.1 Å². The quantitative estimate of drug-likeness (QED) is 0.472. The highest BCUT2D eigenvalue weighted by atomic mass is 35.5. The zero-order valence-electron chi connectivity index (χ0n) is 16.0. The lowest BCUT2D eigenvalue weighted by Crippen LogP contribution is -2.25.